The lowest BCUT2D eigenvalue weighted by molar-refractivity contribution is -0.142. The van der Waals surface area contributed by atoms with E-state index in [0.29, 0.717) is 33.4 Å². The fourth-order valence-corrected chi connectivity index (χ4v) is 4.29. The normalized spacial score (nSPS) is 12.9. The van der Waals surface area contributed by atoms with Gasteiger partial charge in [0, 0.05) is 40.4 Å². The Morgan fingerprint density at radius 2 is 2.09 bits per heavy atom. The van der Waals surface area contributed by atoms with E-state index in [1.165, 1.54) is 6.07 Å². The maximum atomic E-state index is 14.5. The summed E-state index contributed by atoms with van der Waals surface area (Å²) < 4.78 is 30.5. The summed E-state index contributed by atoms with van der Waals surface area (Å²) >= 11 is 0. The van der Waals surface area contributed by atoms with Gasteiger partial charge >= 0.3 is 5.97 Å². The van der Waals surface area contributed by atoms with Gasteiger partial charge in [-0.15, -0.1) is 0 Å². The van der Waals surface area contributed by atoms with Crippen LogP contribution in [0.3, 0.4) is 0 Å². The molecule has 0 fully saturated rings. The van der Waals surface area contributed by atoms with Crippen LogP contribution >= 0.6 is 0 Å². The lowest BCUT2D eigenvalue weighted by atomic mass is 9.82. The Morgan fingerprint density at radius 3 is 2.75 bits per heavy atom. The zero-order valence-corrected chi connectivity index (χ0v) is 17.9. The number of carbonyl (C=O) groups is 1. The van der Waals surface area contributed by atoms with Crippen LogP contribution < -0.4 is 0 Å². The average molecular weight is 436 g/mol. The number of H-pyrrole nitrogens is 1. The van der Waals surface area contributed by atoms with Crippen molar-refractivity contribution in [2.75, 3.05) is 0 Å². The quantitative estimate of drug-likeness (QED) is 0.439. The molecule has 164 valence electrons. The number of hydrogen-bond acceptors (Lipinski definition) is 3. The summed E-state index contributed by atoms with van der Waals surface area (Å²) in [7, 11) is 0. The van der Waals surface area contributed by atoms with Crippen molar-refractivity contribution in [1.29, 1.82) is 5.26 Å². The van der Waals surface area contributed by atoms with E-state index in [9.17, 15) is 23.9 Å². The molecule has 0 aliphatic carbocycles. The zero-order chi connectivity index (χ0) is 23.2. The molecule has 2 aromatic heterocycles. The van der Waals surface area contributed by atoms with Crippen molar-refractivity contribution in [3.8, 4) is 11.8 Å². The summed E-state index contributed by atoms with van der Waals surface area (Å²) in [6.07, 6.45) is -0.683. The lowest BCUT2D eigenvalue weighted by Gasteiger charge is -2.27. The molecule has 0 bridgehead atoms. The van der Waals surface area contributed by atoms with Crippen LogP contribution in [-0.2, 0) is 16.6 Å². The number of halogens is 2. The van der Waals surface area contributed by atoms with E-state index in [1.807, 2.05) is 30.5 Å². The topological polar surface area (TPSA) is 94.7 Å². The first kappa shape index (κ1) is 21.5. The molecular weight excluding hydrogens is 414 g/mol. The van der Waals surface area contributed by atoms with Gasteiger partial charge in [-0.05, 0) is 48.4 Å². The number of carboxylic acid groups (broad SMARTS) is 1. The first-order valence-corrected chi connectivity index (χ1v) is 10.2. The standard InChI is InChI=1S/C24H22F2N4O2/c1-13-8-15(4-5-18(13)25)30-21-9-14-12-28-29-20(14)11-16(21)17(10-19(26)23(31)32)22(30)24(2,3)6-7-27/h4-5,8-9,11-12,19H,6,10H2,1-3H3,(H,28,29)(H,31,32)/t19-/m0/s1. The first-order chi connectivity index (χ1) is 15.1. The van der Waals surface area contributed by atoms with Crippen molar-refractivity contribution >= 4 is 27.8 Å². The van der Waals surface area contributed by atoms with E-state index in [0.717, 1.165) is 10.9 Å². The van der Waals surface area contributed by atoms with Crippen molar-refractivity contribution < 1.29 is 18.7 Å². The van der Waals surface area contributed by atoms with Gasteiger partial charge in [0.25, 0.3) is 0 Å². The average Bonchev–Trinajstić information content (AvgIpc) is 3.30. The minimum Gasteiger partial charge on any atom is -0.479 e. The number of carboxylic acids is 1. The molecular formula is C24H22F2N4O2. The van der Waals surface area contributed by atoms with Crippen molar-refractivity contribution in [3.63, 3.8) is 0 Å². The molecule has 0 saturated heterocycles. The van der Waals surface area contributed by atoms with Crippen LogP contribution in [0.25, 0.3) is 27.5 Å². The Morgan fingerprint density at radius 1 is 1.34 bits per heavy atom. The number of alkyl halides is 1. The molecule has 0 radical (unpaired) electrons. The highest BCUT2D eigenvalue weighted by Crippen LogP contribution is 2.41. The van der Waals surface area contributed by atoms with Crippen LogP contribution in [0, 0.1) is 24.1 Å². The highest BCUT2D eigenvalue weighted by Gasteiger charge is 2.33. The maximum absolute atomic E-state index is 14.5. The predicted molar refractivity (Wildman–Crippen MR) is 117 cm³/mol. The summed E-state index contributed by atoms with van der Waals surface area (Å²) in [4.78, 5) is 11.4. The second-order valence-corrected chi connectivity index (χ2v) is 8.65. The van der Waals surface area contributed by atoms with Crippen LogP contribution in [-0.4, -0.2) is 32.0 Å². The molecule has 0 spiro atoms. The second-order valence-electron chi connectivity index (χ2n) is 8.65. The Hall–Kier alpha value is -3.73. The largest absolute Gasteiger partial charge is 0.479 e. The van der Waals surface area contributed by atoms with Crippen molar-refractivity contribution in [3.05, 3.63) is 59.2 Å². The van der Waals surface area contributed by atoms with Gasteiger partial charge in [0.1, 0.15) is 5.82 Å². The Bertz CT molecular complexity index is 1390. The zero-order valence-electron chi connectivity index (χ0n) is 17.9. The number of nitrogens with one attached hydrogen (secondary N) is 1. The van der Waals surface area contributed by atoms with E-state index < -0.39 is 17.6 Å². The van der Waals surface area contributed by atoms with Gasteiger partial charge in [0.05, 0.1) is 23.3 Å². The van der Waals surface area contributed by atoms with Gasteiger partial charge in [-0.1, -0.05) is 13.8 Å². The number of aliphatic carboxylic acids is 1. The number of nitriles is 1. The number of aromatic amines is 1. The molecule has 32 heavy (non-hydrogen) atoms. The summed E-state index contributed by atoms with van der Waals surface area (Å²) in [6, 6.07) is 10.6. The fraction of sp³-hybridized carbons (Fsp3) is 0.292. The van der Waals surface area contributed by atoms with Crippen LogP contribution in [0.1, 0.15) is 37.1 Å². The molecule has 2 heterocycles. The number of benzene rings is 2. The molecule has 6 nitrogen and oxygen atoms in total. The number of fused-ring (bicyclic) bond motifs is 2. The summed E-state index contributed by atoms with van der Waals surface area (Å²) in [5.74, 6) is -1.90. The van der Waals surface area contributed by atoms with E-state index in [4.69, 9.17) is 0 Å². The highest BCUT2D eigenvalue weighted by atomic mass is 19.1. The predicted octanol–water partition coefficient (Wildman–Crippen LogP) is 5.11. The number of aryl methyl sites for hydroxylation is 1. The maximum Gasteiger partial charge on any atom is 0.338 e. The molecule has 0 saturated carbocycles. The third-order valence-corrected chi connectivity index (χ3v) is 5.85. The fourth-order valence-electron chi connectivity index (χ4n) is 4.29. The molecule has 0 aliphatic heterocycles. The third-order valence-electron chi connectivity index (χ3n) is 5.85. The van der Waals surface area contributed by atoms with Gasteiger partial charge in [-0.25, -0.2) is 13.6 Å². The Balaban J connectivity index is 2.16. The van der Waals surface area contributed by atoms with E-state index in [2.05, 4.69) is 16.3 Å². The molecule has 8 heteroatoms. The summed E-state index contributed by atoms with van der Waals surface area (Å²) in [5.41, 5.74) is 2.91. The molecule has 1 atom stereocenters. The highest BCUT2D eigenvalue weighted by molar-refractivity contribution is 5.99. The minimum absolute atomic E-state index is 0.125. The monoisotopic (exact) mass is 436 g/mol. The number of aromatic nitrogens is 3. The van der Waals surface area contributed by atoms with E-state index in [1.54, 1.807) is 25.3 Å². The van der Waals surface area contributed by atoms with E-state index in [-0.39, 0.29) is 18.7 Å². The molecule has 2 aromatic carbocycles. The Kier molecular flexibility index (Phi) is 5.21. The van der Waals surface area contributed by atoms with Crippen LogP contribution in [0.2, 0.25) is 0 Å². The summed E-state index contributed by atoms with van der Waals surface area (Å²) in [5, 5.41) is 27.2. The lowest BCUT2D eigenvalue weighted by Crippen LogP contribution is -2.25. The minimum atomic E-state index is -2.11. The molecule has 0 aliphatic rings. The molecule has 0 unspecified atom stereocenters. The van der Waals surface area contributed by atoms with Gasteiger partial charge in [-0.2, -0.15) is 10.4 Å². The van der Waals surface area contributed by atoms with Crippen molar-refractivity contribution in [1.82, 2.24) is 14.8 Å². The van der Waals surface area contributed by atoms with Gasteiger partial charge in [0.2, 0.25) is 6.17 Å². The number of hydrogen-bond donors (Lipinski definition) is 2. The van der Waals surface area contributed by atoms with Crippen LogP contribution in [0.5, 0.6) is 0 Å². The molecule has 4 aromatic rings. The third kappa shape index (κ3) is 3.50. The van der Waals surface area contributed by atoms with Gasteiger partial charge in [0.15, 0.2) is 0 Å². The van der Waals surface area contributed by atoms with Gasteiger partial charge in [-0.3, -0.25) is 5.10 Å². The SMILES string of the molecule is Cc1cc(-n2c(C(C)(C)CC#N)c(C[C@H](F)C(=O)O)c3cc4[nH]ncc4cc32)ccc1F. The van der Waals surface area contributed by atoms with Crippen molar-refractivity contribution in [2.24, 2.45) is 0 Å². The smallest absolute Gasteiger partial charge is 0.338 e. The second kappa shape index (κ2) is 7.75. The van der Waals surface area contributed by atoms with Gasteiger partial charge < -0.3 is 9.67 Å². The molecule has 2 N–H and O–H groups in total. The van der Waals surface area contributed by atoms with Crippen molar-refractivity contribution in [2.45, 2.75) is 45.2 Å². The van der Waals surface area contributed by atoms with Crippen LogP contribution in [0.4, 0.5) is 8.78 Å². The first-order valence-electron chi connectivity index (χ1n) is 10.2. The van der Waals surface area contributed by atoms with E-state index >= 15 is 0 Å². The molecule has 0 amide bonds. The Labute approximate surface area is 183 Å². The van der Waals surface area contributed by atoms with Crippen LogP contribution in [0.15, 0.2) is 36.5 Å². The summed E-state index contributed by atoms with van der Waals surface area (Å²) in [6.45, 7) is 5.38. The number of rotatable bonds is 6. The molecule has 4 rings (SSSR count). The number of nitrogens with zero attached hydrogens (tertiary/aromatic N) is 3.